The van der Waals surface area contributed by atoms with Gasteiger partial charge in [0, 0.05) is 0 Å². The molecule has 2 bridgehead atoms. The maximum absolute atomic E-state index is 10.6. The molecule has 2 fully saturated rings. The third-order valence-corrected chi connectivity index (χ3v) is 5.11. The van der Waals surface area contributed by atoms with Crippen molar-refractivity contribution in [2.45, 2.75) is 37.9 Å². The smallest absolute Gasteiger partial charge is 0.316 e. The molecule has 0 aromatic rings. The van der Waals surface area contributed by atoms with Crippen molar-refractivity contribution in [1.29, 1.82) is 0 Å². The second-order valence-electron chi connectivity index (χ2n) is 4.75. The minimum absolute atomic E-state index is 0.228. The Morgan fingerprint density at radius 1 is 1.50 bits per heavy atom. The Bertz CT molecular complexity index is 229. The number of aliphatic carboxylic acids is 1. The predicted molar refractivity (Wildman–Crippen MR) is 58.5 cm³/mol. The molecule has 0 heterocycles. The first-order valence-electron chi connectivity index (χ1n) is 5.51. The summed E-state index contributed by atoms with van der Waals surface area (Å²) in [5, 5.41) is 8.54. The SMILES string of the molecule is CC(SCC1CC2CCC1C2)C(=O)O. The third-order valence-electron chi connectivity index (χ3n) is 3.79. The number of fused-ring (bicyclic) bond motifs is 2. The van der Waals surface area contributed by atoms with E-state index in [2.05, 4.69) is 0 Å². The minimum Gasteiger partial charge on any atom is -0.480 e. The second kappa shape index (κ2) is 4.13. The molecular weight excluding hydrogens is 196 g/mol. The van der Waals surface area contributed by atoms with Crippen LogP contribution in [-0.2, 0) is 4.79 Å². The fourth-order valence-corrected chi connectivity index (χ4v) is 4.01. The summed E-state index contributed by atoms with van der Waals surface area (Å²) in [5.41, 5.74) is 0. The fraction of sp³-hybridized carbons (Fsp3) is 0.909. The molecule has 4 atom stereocenters. The highest BCUT2D eigenvalue weighted by Crippen LogP contribution is 2.49. The van der Waals surface area contributed by atoms with Crippen LogP contribution >= 0.6 is 11.8 Å². The first-order valence-corrected chi connectivity index (χ1v) is 6.56. The Kier molecular flexibility index (Phi) is 3.05. The number of carboxylic acids is 1. The molecule has 2 aliphatic rings. The second-order valence-corrected chi connectivity index (χ2v) is 6.12. The van der Waals surface area contributed by atoms with E-state index in [1.807, 2.05) is 0 Å². The number of carbonyl (C=O) groups is 1. The van der Waals surface area contributed by atoms with Gasteiger partial charge in [-0.15, -0.1) is 11.8 Å². The zero-order valence-corrected chi connectivity index (χ0v) is 9.43. The van der Waals surface area contributed by atoms with Crippen molar-refractivity contribution in [3.05, 3.63) is 0 Å². The molecule has 0 saturated heterocycles. The van der Waals surface area contributed by atoms with Crippen LogP contribution in [0.4, 0.5) is 0 Å². The minimum atomic E-state index is -0.668. The molecule has 0 aliphatic heterocycles. The summed E-state index contributed by atoms with van der Waals surface area (Å²) < 4.78 is 0. The number of thioether (sulfide) groups is 1. The zero-order valence-electron chi connectivity index (χ0n) is 8.61. The highest BCUT2D eigenvalue weighted by Gasteiger charge is 2.39. The van der Waals surface area contributed by atoms with E-state index in [1.54, 1.807) is 18.7 Å². The molecule has 2 aliphatic carbocycles. The van der Waals surface area contributed by atoms with Gasteiger partial charge in [-0.25, -0.2) is 0 Å². The van der Waals surface area contributed by atoms with Crippen molar-refractivity contribution < 1.29 is 9.90 Å². The normalized spacial score (nSPS) is 37.4. The molecular formula is C11H18O2S. The van der Waals surface area contributed by atoms with Crippen LogP contribution in [0.3, 0.4) is 0 Å². The maximum atomic E-state index is 10.6. The summed E-state index contributed by atoms with van der Waals surface area (Å²) in [6.45, 7) is 1.79. The molecule has 0 radical (unpaired) electrons. The summed E-state index contributed by atoms with van der Waals surface area (Å²) in [6, 6.07) is 0. The number of hydrogen-bond acceptors (Lipinski definition) is 2. The monoisotopic (exact) mass is 214 g/mol. The summed E-state index contributed by atoms with van der Waals surface area (Å²) in [5.74, 6) is 3.12. The van der Waals surface area contributed by atoms with Gasteiger partial charge >= 0.3 is 5.97 Å². The molecule has 80 valence electrons. The molecule has 0 amide bonds. The van der Waals surface area contributed by atoms with E-state index in [-0.39, 0.29) is 5.25 Å². The van der Waals surface area contributed by atoms with Crippen molar-refractivity contribution in [2.75, 3.05) is 5.75 Å². The average molecular weight is 214 g/mol. The number of carboxylic acid groups (broad SMARTS) is 1. The van der Waals surface area contributed by atoms with Crippen molar-refractivity contribution >= 4 is 17.7 Å². The van der Waals surface area contributed by atoms with Crippen LogP contribution in [0, 0.1) is 17.8 Å². The van der Waals surface area contributed by atoms with Crippen molar-refractivity contribution in [3.8, 4) is 0 Å². The van der Waals surface area contributed by atoms with Crippen LogP contribution in [0.5, 0.6) is 0 Å². The van der Waals surface area contributed by atoms with Crippen LogP contribution in [0.25, 0.3) is 0 Å². The Labute approximate surface area is 89.5 Å². The Morgan fingerprint density at radius 2 is 2.29 bits per heavy atom. The molecule has 0 aromatic carbocycles. The molecule has 1 N–H and O–H groups in total. The van der Waals surface area contributed by atoms with Gasteiger partial charge in [0.05, 0.1) is 5.25 Å². The van der Waals surface area contributed by atoms with E-state index in [0.29, 0.717) is 0 Å². The number of hydrogen-bond donors (Lipinski definition) is 1. The Morgan fingerprint density at radius 3 is 2.79 bits per heavy atom. The molecule has 0 aromatic heterocycles. The Balaban J connectivity index is 1.74. The van der Waals surface area contributed by atoms with Crippen LogP contribution in [0.2, 0.25) is 0 Å². The molecule has 0 spiro atoms. The van der Waals surface area contributed by atoms with Crippen LogP contribution in [0.15, 0.2) is 0 Å². The lowest BCUT2D eigenvalue weighted by molar-refractivity contribution is -0.136. The van der Waals surface area contributed by atoms with E-state index in [9.17, 15) is 4.79 Å². The molecule has 4 unspecified atom stereocenters. The van der Waals surface area contributed by atoms with Crippen LogP contribution < -0.4 is 0 Å². The summed E-state index contributed by atoms with van der Waals surface area (Å²) >= 11 is 1.62. The maximum Gasteiger partial charge on any atom is 0.316 e. The summed E-state index contributed by atoms with van der Waals surface area (Å²) in [7, 11) is 0. The van der Waals surface area contributed by atoms with Gasteiger partial charge in [-0.05, 0) is 49.7 Å². The number of rotatable bonds is 4. The first kappa shape index (κ1) is 10.3. The highest BCUT2D eigenvalue weighted by atomic mass is 32.2. The van der Waals surface area contributed by atoms with Crippen molar-refractivity contribution in [2.24, 2.45) is 17.8 Å². The van der Waals surface area contributed by atoms with Gasteiger partial charge in [-0.1, -0.05) is 6.42 Å². The van der Waals surface area contributed by atoms with Crippen LogP contribution in [0.1, 0.15) is 32.6 Å². The van der Waals surface area contributed by atoms with Crippen molar-refractivity contribution in [1.82, 2.24) is 0 Å². The van der Waals surface area contributed by atoms with Gasteiger partial charge < -0.3 is 5.11 Å². The lowest BCUT2D eigenvalue weighted by Gasteiger charge is -2.21. The molecule has 3 heteroatoms. The third kappa shape index (κ3) is 2.08. The zero-order chi connectivity index (χ0) is 10.1. The van der Waals surface area contributed by atoms with Gasteiger partial charge in [-0.2, -0.15) is 0 Å². The molecule has 2 rings (SSSR count). The molecule has 2 nitrogen and oxygen atoms in total. The topological polar surface area (TPSA) is 37.3 Å². The predicted octanol–water partition coefficient (Wildman–Crippen LogP) is 2.63. The van der Waals surface area contributed by atoms with E-state index < -0.39 is 5.97 Å². The quantitative estimate of drug-likeness (QED) is 0.781. The van der Waals surface area contributed by atoms with Gasteiger partial charge in [0.2, 0.25) is 0 Å². The van der Waals surface area contributed by atoms with Crippen LogP contribution in [-0.4, -0.2) is 22.1 Å². The van der Waals surface area contributed by atoms with E-state index in [1.165, 1.54) is 25.7 Å². The van der Waals surface area contributed by atoms with Gasteiger partial charge in [-0.3, -0.25) is 4.79 Å². The molecule has 2 saturated carbocycles. The van der Waals surface area contributed by atoms with Crippen molar-refractivity contribution in [3.63, 3.8) is 0 Å². The molecule has 14 heavy (non-hydrogen) atoms. The van der Waals surface area contributed by atoms with E-state index in [0.717, 1.165) is 23.5 Å². The summed E-state index contributed by atoms with van der Waals surface area (Å²) in [6.07, 6.45) is 5.62. The standard InChI is InChI=1S/C11H18O2S/c1-7(11(12)13)14-6-10-5-8-2-3-9(10)4-8/h7-10H,2-6H2,1H3,(H,12,13). The van der Waals surface area contributed by atoms with E-state index >= 15 is 0 Å². The largest absolute Gasteiger partial charge is 0.480 e. The lowest BCUT2D eigenvalue weighted by atomic mass is 9.90. The first-order chi connectivity index (χ1) is 6.66. The van der Waals surface area contributed by atoms with E-state index in [4.69, 9.17) is 5.11 Å². The fourth-order valence-electron chi connectivity index (χ4n) is 2.92. The van der Waals surface area contributed by atoms with Gasteiger partial charge in [0.25, 0.3) is 0 Å². The Hall–Kier alpha value is -0.180. The lowest BCUT2D eigenvalue weighted by Crippen LogP contribution is -2.18. The summed E-state index contributed by atoms with van der Waals surface area (Å²) in [4.78, 5) is 10.6. The van der Waals surface area contributed by atoms with Gasteiger partial charge in [0.15, 0.2) is 0 Å². The highest BCUT2D eigenvalue weighted by molar-refractivity contribution is 8.00. The average Bonchev–Trinajstić information content (AvgIpc) is 2.74. The van der Waals surface area contributed by atoms with Gasteiger partial charge in [0.1, 0.15) is 0 Å².